The molecule has 4 heteroatoms. The van der Waals surface area contributed by atoms with Gasteiger partial charge in [-0.2, -0.15) is 0 Å². The van der Waals surface area contributed by atoms with Crippen LogP contribution in [0.15, 0.2) is 24.3 Å². The highest BCUT2D eigenvalue weighted by molar-refractivity contribution is 6.30. The summed E-state index contributed by atoms with van der Waals surface area (Å²) in [6.45, 7) is 7.23. The molecule has 19 heavy (non-hydrogen) atoms. The van der Waals surface area contributed by atoms with Crippen LogP contribution in [0.5, 0.6) is 0 Å². The van der Waals surface area contributed by atoms with Crippen LogP contribution >= 0.6 is 11.6 Å². The Morgan fingerprint density at radius 2 is 1.89 bits per heavy atom. The Morgan fingerprint density at radius 1 is 1.32 bits per heavy atom. The molecule has 1 rings (SSSR count). The first-order chi connectivity index (χ1) is 8.81. The van der Waals surface area contributed by atoms with Crippen LogP contribution in [0.3, 0.4) is 0 Å². The minimum absolute atomic E-state index is 0.0207. The molecule has 0 spiro atoms. The zero-order valence-corrected chi connectivity index (χ0v) is 12.6. The Morgan fingerprint density at radius 3 is 2.37 bits per heavy atom. The van der Waals surface area contributed by atoms with Gasteiger partial charge in [-0.3, -0.25) is 4.79 Å². The van der Waals surface area contributed by atoms with Crippen molar-refractivity contribution < 1.29 is 4.79 Å². The Labute approximate surface area is 120 Å². The second-order valence-corrected chi connectivity index (χ2v) is 6.48. The third kappa shape index (κ3) is 6.08. The molecule has 0 aliphatic carbocycles. The SMILES string of the molecule is CC(C)(C)CC(CN)C(=O)NCc1ccc(Cl)cc1. The highest BCUT2D eigenvalue weighted by Gasteiger charge is 2.23. The lowest BCUT2D eigenvalue weighted by atomic mass is 9.84. The Balaban J connectivity index is 2.51. The summed E-state index contributed by atoms with van der Waals surface area (Å²) in [7, 11) is 0. The highest BCUT2D eigenvalue weighted by atomic mass is 35.5. The maximum Gasteiger partial charge on any atom is 0.224 e. The molecule has 1 unspecified atom stereocenters. The average Bonchev–Trinajstić information content (AvgIpc) is 2.34. The molecular formula is C15H23ClN2O. The van der Waals surface area contributed by atoms with E-state index in [0.717, 1.165) is 12.0 Å². The van der Waals surface area contributed by atoms with E-state index in [0.29, 0.717) is 18.1 Å². The molecule has 0 radical (unpaired) electrons. The molecule has 0 aromatic heterocycles. The van der Waals surface area contributed by atoms with Crippen LogP contribution in [0.1, 0.15) is 32.8 Å². The second kappa shape index (κ2) is 6.92. The Kier molecular flexibility index (Phi) is 5.83. The van der Waals surface area contributed by atoms with Gasteiger partial charge in [0.05, 0.1) is 5.92 Å². The molecule has 0 saturated heterocycles. The van der Waals surface area contributed by atoms with E-state index < -0.39 is 0 Å². The standard InChI is InChI=1S/C15H23ClN2O/c1-15(2,3)8-12(9-17)14(19)18-10-11-4-6-13(16)7-5-11/h4-7,12H,8-10,17H2,1-3H3,(H,18,19). The summed E-state index contributed by atoms with van der Waals surface area (Å²) < 4.78 is 0. The lowest BCUT2D eigenvalue weighted by Gasteiger charge is -2.24. The molecule has 3 nitrogen and oxygen atoms in total. The van der Waals surface area contributed by atoms with Gasteiger partial charge in [-0.25, -0.2) is 0 Å². The largest absolute Gasteiger partial charge is 0.352 e. The monoisotopic (exact) mass is 282 g/mol. The molecule has 0 aliphatic heterocycles. The summed E-state index contributed by atoms with van der Waals surface area (Å²) >= 11 is 5.82. The summed E-state index contributed by atoms with van der Waals surface area (Å²) in [5.41, 5.74) is 6.82. The number of amides is 1. The van der Waals surface area contributed by atoms with Crippen molar-refractivity contribution in [1.82, 2.24) is 5.32 Å². The molecule has 1 aromatic carbocycles. The van der Waals surface area contributed by atoms with E-state index in [1.165, 1.54) is 0 Å². The fourth-order valence-corrected chi connectivity index (χ4v) is 2.08. The molecule has 0 bridgehead atoms. The lowest BCUT2D eigenvalue weighted by molar-refractivity contribution is -0.125. The van der Waals surface area contributed by atoms with Gasteiger partial charge < -0.3 is 11.1 Å². The molecular weight excluding hydrogens is 260 g/mol. The van der Waals surface area contributed by atoms with E-state index in [1.54, 1.807) is 0 Å². The van der Waals surface area contributed by atoms with Gasteiger partial charge in [-0.05, 0) is 29.5 Å². The minimum atomic E-state index is -0.132. The molecule has 0 saturated carbocycles. The summed E-state index contributed by atoms with van der Waals surface area (Å²) in [4.78, 5) is 12.1. The number of hydrogen-bond acceptors (Lipinski definition) is 2. The smallest absolute Gasteiger partial charge is 0.224 e. The van der Waals surface area contributed by atoms with Crippen LogP contribution in [0.25, 0.3) is 0 Å². The van der Waals surface area contributed by atoms with Crippen LogP contribution in [0.4, 0.5) is 0 Å². The van der Waals surface area contributed by atoms with E-state index in [2.05, 4.69) is 26.1 Å². The van der Waals surface area contributed by atoms with Crippen molar-refractivity contribution >= 4 is 17.5 Å². The molecule has 1 atom stereocenters. The zero-order chi connectivity index (χ0) is 14.5. The van der Waals surface area contributed by atoms with E-state index >= 15 is 0 Å². The van der Waals surface area contributed by atoms with Crippen molar-refractivity contribution in [3.05, 3.63) is 34.9 Å². The van der Waals surface area contributed by atoms with E-state index in [9.17, 15) is 4.79 Å². The fraction of sp³-hybridized carbons (Fsp3) is 0.533. The first-order valence-electron chi connectivity index (χ1n) is 6.54. The van der Waals surface area contributed by atoms with Crippen LogP contribution in [-0.4, -0.2) is 12.5 Å². The van der Waals surface area contributed by atoms with Gasteiger partial charge in [0.15, 0.2) is 0 Å². The van der Waals surface area contributed by atoms with Crippen LogP contribution in [0.2, 0.25) is 5.02 Å². The van der Waals surface area contributed by atoms with Gasteiger partial charge in [0.25, 0.3) is 0 Å². The van der Waals surface area contributed by atoms with Crippen molar-refractivity contribution in [3.63, 3.8) is 0 Å². The molecule has 0 aliphatic rings. The quantitative estimate of drug-likeness (QED) is 0.872. The predicted octanol–water partition coefficient (Wildman–Crippen LogP) is 2.97. The average molecular weight is 283 g/mol. The first-order valence-corrected chi connectivity index (χ1v) is 6.92. The molecule has 3 N–H and O–H groups in total. The summed E-state index contributed by atoms with van der Waals surface area (Å²) in [6.07, 6.45) is 0.788. The fourth-order valence-electron chi connectivity index (χ4n) is 1.96. The molecule has 1 amide bonds. The number of hydrogen-bond donors (Lipinski definition) is 2. The topological polar surface area (TPSA) is 55.1 Å². The Bertz CT molecular complexity index is 409. The molecule has 0 heterocycles. The van der Waals surface area contributed by atoms with Crippen LogP contribution in [-0.2, 0) is 11.3 Å². The summed E-state index contributed by atoms with van der Waals surface area (Å²) in [5.74, 6) is -0.111. The highest BCUT2D eigenvalue weighted by Crippen LogP contribution is 2.24. The maximum atomic E-state index is 12.1. The van der Waals surface area contributed by atoms with E-state index in [1.807, 2.05) is 24.3 Å². The maximum absolute atomic E-state index is 12.1. The number of carbonyl (C=O) groups is 1. The van der Waals surface area contributed by atoms with E-state index in [-0.39, 0.29) is 17.2 Å². The van der Waals surface area contributed by atoms with Crippen LogP contribution < -0.4 is 11.1 Å². The van der Waals surface area contributed by atoms with E-state index in [4.69, 9.17) is 17.3 Å². The lowest BCUT2D eigenvalue weighted by Crippen LogP contribution is -2.36. The Hall–Kier alpha value is -1.06. The summed E-state index contributed by atoms with van der Waals surface area (Å²) in [6, 6.07) is 7.45. The van der Waals surface area contributed by atoms with Gasteiger partial charge in [0, 0.05) is 18.1 Å². The normalized spacial score (nSPS) is 13.1. The minimum Gasteiger partial charge on any atom is -0.352 e. The third-order valence-corrected chi connectivity index (χ3v) is 3.15. The second-order valence-electron chi connectivity index (χ2n) is 6.04. The molecule has 0 fully saturated rings. The van der Waals surface area contributed by atoms with Crippen LogP contribution in [0, 0.1) is 11.3 Å². The van der Waals surface area contributed by atoms with Gasteiger partial charge in [-0.15, -0.1) is 0 Å². The number of rotatable bonds is 5. The predicted molar refractivity (Wildman–Crippen MR) is 79.9 cm³/mol. The van der Waals surface area contributed by atoms with Crippen molar-refractivity contribution in [1.29, 1.82) is 0 Å². The van der Waals surface area contributed by atoms with Crippen molar-refractivity contribution in [2.45, 2.75) is 33.7 Å². The number of carbonyl (C=O) groups excluding carboxylic acids is 1. The van der Waals surface area contributed by atoms with Gasteiger partial charge in [-0.1, -0.05) is 44.5 Å². The van der Waals surface area contributed by atoms with Crippen molar-refractivity contribution in [2.75, 3.05) is 6.54 Å². The van der Waals surface area contributed by atoms with Crippen molar-refractivity contribution in [3.8, 4) is 0 Å². The van der Waals surface area contributed by atoms with Gasteiger partial charge >= 0.3 is 0 Å². The van der Waals surface area contributed by atoms with Gasteiger partial charge in [0.1, 0.15) is 0 Å². The van der Waals surface area contributed by atoms with Gasteiger partial charge in [0.2, 0.25) is 5.91 Å². The zero-order valence-electron chi connectivity index (χ0n) is 11.9. The summed E-state index contributed by atoms with van der Waals surface area (Å²) in [5, 5.41) is 3.63. The third-order valence-electron chi connectivity index (χ3n) is 2.89. The first kappa shape index (κ1) is 16.0. The number of halogens is 1. The molecule has 106 valence electrons. The number of nitrogens with one attached hydrogen (secondary N) is 1. The number of benzene rings is 1. The molecule has 1 aromatic rings. The number of nitrogens with two attached hydrogens (primary N) is 1. The van der Waals surface area contributed by atoms with Crippen molar-refractivity contribution in [2.24, 2.45) is 17.1 Å².